The van der Waals surface area contributed by atoms with Crippen LogP contribution in [-0.2, 0) is 4.74 Å². The number of allylic oxidation sites excluding steroid dienone is 1. The molecule has 0 saturated heterocycles. The summed E-state index contributed by atoms with van der Waals surface area (Å²) < 4.78 is 4.79. The average molecular weight is 226 g/mol. The molecule has 17 heavy (non-hydrogen) atoms. The smallest absolute Gasteiger partial charge is 0.338 e. The van der Waals surface area contributed by atoms with Crippen molar-refractivity contribution < 1.29 is 9.53 Å². The number of aliphatic imine (C=N–C) groups is 2. The predicted octanol–water partition coefficient (Wildman–Crippen LogP) is 2.03. The van der Waals surface area contributed by atoms with Crippen LogP contribution in [0.15, 0.2) is 34.3 Å². The number of hydrogen-bond donors (Lipinski definition) is 0. The Labute approximate surface area is 98.4 Å². The van der Waals surface area contributed by atoms with Crippen molar-refractivity contribution in [2.75, 3.05) is 13.7 Å². The molecular formula is C13H10N2O2. The Morgan fingerprint density at radius 2 is 2.29 bits per heavy atom. The van der Waals surface area contributed by atoms with Crippen molar-refractivity contribution in [1.82, 2.24) is 0 Å². The molecule has 84 valence electrons. The van der Waals surface area contributed by atoms with Gasteiger partial charge in [0.2, 0.25) is 0 Å². The van der Waals surface area contributed by atoms with Crippen molar-refractivity contribution in [3.8, 4) is 0 Å². The maximum atomic E-state index is 11.7. The molecular weight excluding hydrogens is 216 g/mol. The van der Waals surface area contributed by atoms with Gasteiger partial charge in [0.05, 0.1) is 30.6 Å². The number of hydrogen-bond acceptors (Lipinski definition) is 4. The molecule has 0 atom stereocenters. The maximum absolute atomic E-state index is 11.7. The van der Waals surface area contributed by atoms with Crippen molar-refractivity contribution in [3.05, 3.63) is 35.4 Å². The first kappa shape index (κ1) is 9.96. The summed E-state index contributed by atoms with van der Waals surface area (Å²) in [5, 5.41) is 0. The van der Waals surface area contributed by atoms with Crippen LogP contribution in [0.3, 0.4) is 0 Å². The van der Waals surface area contributed by atoms with Gasteiger partial charge in [0.25, 0.3) is 0 Å². The molecule has 3 rings (SSSR count). The van der Waals surface area contributed by atoms with E-state index in [-0.39, 0.29) is 5.97 Å². The Morgan fingerprint density at radius 1 is 1.41 bits per heavy atom. The van der Waals surface area contributed by atoms with Gasteiger partial charge in [-0.05, 0) is 18.2 Å². The van der Waals surface area contributed by atoms with Crippen molar-refractivity contribution in [2.45, 2.75) is 0 Å². The molecule has 0 saturated carbocycles. The highest BCUT2D eigenvalue weighted by atomic mass is 16.5. The topological polar surface area (TPSA) is 51.0 Å². The molecule has 0 aromatic heterocycles. The normalized spacial score (nSPS) is 15.8. The van der Waals surface area contributed by atoms with E-state index in [1.165, 1.54) is 7.11 Å². The van der Waals surface area contributed by atoms with Gasteiger partial charge < -0.3 is 4.74 Å². The highest BCUT2D eigenvalue weighted by Gasteiger charge is 2.26. The zero-order valence-electron chi connectivity index (χ0n) is 9.30. The van der Waals surface area contributed by atoms with Gasteiger partial charge in [-0.25, -0.2) is 4.79 Å². The van der Waals surface area contributed by atoms with Crippen molar-refractivity contribution in [1.29, 1.82) is 0 Å². The third-order valence-corrected chi connectivity index (χ3v) is 2.87. The zero-order valence-corrected chi connectivity index (χ0v) is 9.30. The van der Waals surface area contributed by atoms with Gasteiger partial charge in [0.15, 0.2) is 0 Å². The molecule has 0 bridgehead atoms. The van der Waals surface area contributed by atoms with Crippen LogP contribution in [0.25, 0.3) is 5.57 Å². The minimum Gasteiger partial charge on any atom is -0.465 e. The van der Waals surface area contributed by atoms with E-state index in [0.29, 0.717) is 12.1 Å². The van der Waals surface area contributed by atoms with Crippen LogP contribution in [0.5, 0.6) is 0 Å². The third-order valence-electron chi connectivity index (χ3n) is 2.87. The van der Waals surface area contributed by atoms with E-state index < -0.39 is 0 Å². The Kier molecular flexibility index (Phi) is 2.14. The van der Waals surface area contributed by atoms with Crippen molar-refractivity contribution in [2.24, 2.45) is 9.98 Å². The molecule has 0 aliphatic carbocycles. The molecule has 1 aromatic carbocycles. The van der Waals surface area contributed by atoms with Gasteiger partial charge >= 0.3 is 5.97 Å². The van der Waals surface area contributed by atoms with Gasteiger partial charge in [-0.15, -0.1) is 0 Å². The molecule has 4 nitrogen and oxygen atoms in total. The molecule has 0 unspecified atom stereocenters. The second-order valence-corrected chi connectivity index (χ2v) is 3.82. The Bertz CT molecular complexity index is 597. The van der Waals surface area contributed by atoms with Crippen LogP contribution < -0.4 is 0 Å². The summed E-state index contributed by atoms with van der Waals surface area (Å²) in [7, 11) is 1.38. The van der Waals surface area contributed by atoms with Crippen LogP contribution in [0.4, 0.5) is 5.69 Å². The molecule has 1 aromatic rings. The second kappa shape index (κ2) is 3.66. The van der Waals surface area contributed by atoms with Gasteiger partial charge in [-0.2, -0.15) is 0 Å². The lowest BCUT2D eigenvalue weighted by Gasteiger charge is -2.09. The molecule has 4 heteroatoms. The summed E-state index contributed by atoms with van der Waals surface area (Å²) in [6.45, 7) is 0.571. The van der Waals surface area contributed by atoms with Crippen LogP contribution in [-0.4, -0.2) is 31.6 Å². The van der Waals surface area contributed by atoms with Crippen LogP contribution in [0, 0.1) is 0 Å². The fraction of sp³-hybridized carbons (Fsp3) is 0.154. The summed E-state index contributed by atoms with van der Waals surface area (Å²) in [4.78, 5) is 20.3. The summed E-state index contributed by atoms with van der Waals surface area (Å²) in [6.07, 6.45) is 3.64. The SMILES string of the molecule is COC(=O)c1cccc2c1C1=CC=NCC1=N2. The Hall–Kier alpha value is -2.23. The minimum atomic E-state index is -0.332. The van der Waals surface area contributed by atoms with E-state index in [4.69, 9.17) is 4.74 Å². The van der Waals surface area contributed by atoms with Gasteiger partial charge in [0.1, 0.15) is 0 Å². The number of fused-ring (bicyclic) bond motifs is 3. The highest BCUT2D eigenvalue weighted by Crippen LogP contribution is 2.38. The predicted molar refractivity (Wildman–Crippen MR) is 66.2 cm³/mol. The molecule has 0 spiro atoms. The lowest BCUT2D eigenvalue weighted by molar-refractivity contribution is 0.0600. The molecule has 2 heterocycles. The first-order chi connectivity index (χ1) is 8.31. The fourth-order valence-electron chi connectivity index (χ4n) is 2.11. The highest BCUT2D eigenvalue weighted by molar-refractivity contribution is 6.34. The van der Waals surface area contributed by atoms with E-state index >= 15 is 0 Å². The molecule has 0 radical (unpaired) electrons. The maximum Gasteiger partial charge on any atom is 0.338 e. The minimum absolute atomic E-state index is 0.332. The van der Waals surface area contributed by atoms with E-state index in [2.05, 4.69) is 9.98 Å². The van der Waals surface area contributed by atoms with Gasteiger partial charge in [-0.1, -0.05) is 6.07 Å². The monoisotopic (exact) mass is 226 g/mol. The number of dihydropyridines is 1. The van der Waals surface area contributed by atoms with E-state index in [1.807, 2.05) is 18.2 Å². The molecule has 2 aliphatic rings. The van der Waals surface area contributed by atoms with Crippen molar-refractivity contribution >= 4 is 29.2 Å². The molecule has 0 fully saturated rings. The van der Waals surface area contributed by atoms with E-state index in [0.717, 1.165) is 22.5 Å². The Balaban J connectivity index is 2.21. The first-order valence-corrected chi connectivity index (χ1v) is 5.31. The fourth-order valence-corrected chi connectivity index (χ4v) is 2.11. The summed E-state index contributed by atoms with van der Waals surface area (Å²) in [5.74, 6) is -0.332. The lowest BCUT2D eigenvalue weighted by atomic mass is 9.96. The number of methoxy groups -OCH3 is 1. The number of rotatable bonds is 1. The number of ether oxygens (including phenoxy) is 1. The number of benzene rings is 1. The zero-order chi connectivity index (χ0) is 11.8. The third kappa shape index (κ3) is 1.41. The quantitative estimate of drug-likeness (QED) is 0.688. The summed E-state index contributed by atoms with van der Waals surface area (Å²) >= 11 is 0. The standard InChI is InChI=1S/C13H10N2O2/c1-17-13(16)9-3-2-4-10-12(9)8-5-6-14-7-11(8)15-10/h2-6H,7H2,1H3. The van der Waals surface area contributed by atoms with E-state index in [9.17, 15) is 4.79 Å². The van der Waals surface area contributed by atoms with Gasteiger partial charge in [-0.3, -0.25) is 9.98 Å². The summed E-state index contributed by atoms with van der Waals surface area (Å²) in [5.41, 5.74) is 4.14. The number of carbonyl (C=O) groups excluding carboxylic acids is 1. The summed E-state index contributed by atoms with van der Waals surface area (Å²) in [6, 6.07) is 5.47. The second-order valence-electron chi connectivity index (χ2n) is 3.82. The molecule has 0 amide bonds. The average Bonchev–Trinajstić information content (AvgIpc) is 2.76. The van der Waals surface area contributed by atoms with Crippen LogP contribution >= 0.6 is 0 Å². The number of nitrogens with zero attached hydrogens (tertiary/aromatic N) is 2. The molecule has 2 aliphatic heterocycles. The number of esters is 1. The largest absolute Gasteiger partial charge is 0.465 e. The lowest BCUT2D eigenvalue weighted by Crippen LogP contribution is -2.10. The molecule has 0 N–H and O–H groups in total. The van der Waals surface area contributed by atoms with Crippen LogP contribution in [0.1, 0.15) is 15.9 Å². The van der Waals surface area contributed by atoms with Crippen molar-refractivity contribution in [3.63, 3.8) is 0 Å². The Morgan fingerprint density at radius 3 is 3.12 bits per heavy atom. The number of carbonyl (C=O) groups is 1. The van der Waals surface area contributed by atoms with Crippen LogP contribution in [0.2, 0.25) is 0 Å². The van der Waals surface area contributed by atoms with Gasteiger partial charge in [0, 0.05) is 17.4 Å². The van der Waals surface area contributed by atoms with E-state index in [1.54, 1.807) is 12.3 Å². The first-order valence-electron chi connectivity index (χ1n) is 5.31.